The van der Waals surface area contributed by atoms with E-state index in [9.17, 15) is 20.1 Å². The fraction of sp³-hybridized carbons (Fsp3) is 0.950. The number of amides is 1. The maximum atomic E-state index is 12.9. The van der Waals surface area contributed by atoms with Crippen molar-refractivity contribution in [2.24, 2.45) is 5.92 Å². The number of rotatable bonds is 8. The Balaban J connectivity index is 2.02. The summed E-state index contributed by atoms with van der Waals surface area (Å²) in [6.45, 7) is 5.04. The summed E-state index contributed by atoms with van der Waals surface area (Å²) < 4.78 is 5.87. The lowest BCUT2D eigenvalue weighted by molar-refractivity contribution is -0.205. The summed E-state index contributed by atoms with van der Waals surface area (Å²) in [4.78, 5) is 12.9. The first-order chi connectivity index (χ1) is 13.4. The Morgan fingerprint density at radius 2 is 1.89 bits per heavy atom. The molecule has 0 aliphatic carbocycles. The number of thioether (sulfide) groups is 1. The van der Waals surface area contributed by atoms with Crippen LogP contribution in [0.1, 0.15) is 58.8 Å². The topological polar surface area (TPSA) is 111 Å². The summed E-state index contributed by atoms with van der Waals surface area (Å²) >= 11 is 1.29. The lowest BCUT2D eigenvalue weighted by Gasteiger charge is -2.43. The maximum Gasteiger partial charge on any atom is 0.237 e. The van der Waals surface area contributed by atoms with Crippen molar-refractivity contribution in [3.05, 3.63) is 0 Å². The summed E-state index contributed by atoms with van der Waals surface area (Å²) in [5, 5.41) is 37.2. The van der Waals surface area contributed by atoms with Crippen LogP contribution in [0.25, 0.3) is 0 Å². The standard InChI is InChI=1S/C20H38N2O5S/c1-4-6-12-8-9-14(21-11-10-12)19(26)22-13(7-5-2)18-16(24)15(23)17(25)20(27-18)28-3/h12-18,20-21,23-25H,4-11H2,1-3H3,(H,22,26). The normalized spacial score (nSPS) is 37.9. The minimum absolute atomic E-state index is 0.0762. The molecule has 0 saturated carbocycles. The minimum Gasteiger partial charge on any atom is -0.388 e. The minimum atomic E-state index is -1.29. The van der Waals surface area contributed by atoms with E-state index >= 15 is 0 Å². The van der Waals surface area contributed by atoms with Crippen LogP contribution in [-0.4, -0.2) is 76.0 Å². The lowest BCUT2D eigenvalue weighted by Crippen LogP contribution is -2.63. The Kier molecular flexibility index (Phi) is 10.00. The first-order valence-electron chi connectivity index (χ1n) is 10.7. The van der Waals surface area contributed by atoms with Gasteiger partial charge >= 0.3 is 0 Å². The molecule has 0 bridgehead atoms. The van der Waals surface area contributed by atoms with E-state index in [-0.39, 0.29) is 11.9 Å². The third-order valence-corrected chi connectivity index (χ3v) is 6.84. The number of ether oxygens (including phenoxy) is 1. The molecule has 164 valence electrons. The highest BCUT2D eigenvalue weighted by Crippen LogP contribution is 2.30. The first-order valence-corrected chi connectivity index (χ1v) is 12.0. The molecule has 2 heterocycles. The lowest BCUT2D eigenvalue weighted by atomic mass is 9.92. The van der Waals surface area contributed by atoms with Gasteiger partial charge in [0.2, 0.25) is 5.91 Å². The fourth-order valence-electron chi connectivity index (χ4n) is 4.35. The Hall–Kier alpha value is -0.380. The molecule has 2 aliphatic heterocycles. The van der Waals surface area contributed by atoms with E-state index < -0.39 is 35.9 Å². The number of hydrogen-bond donors (Lipinski definition) is 5. The summed E-state index contributed by atoms with van der Waals surface area (Å²) in [6.07, 6.45) is 4.08. The first kappa shape index (κ1) is 23.9. The highest BCUT2D eigenvalue weighted by atomic mass is 32.2. The second kappa shape index (κ2) is 11.7. The molecule has 8 unspecified atom stereocenters. The zero-order valence-corrected chi connectivity index (χ0v) is 18.2. The van der Waals surface area contributed by atoms with Gasteiger partial charge in [-0.15, -0.1) is 11.8 Å². The molecule has 5 N–H and O–H groups in total. The van der Waals surface area contributed by atoms with Crippen LogP contribution in [0.5, 0.6) is 0 Å². The van der Waals surface area contributed by atoms with Gasteiger partial charge in [0.25, 0.3) is 0 Å². The molecule has 0 radical (unpaired) electrons. The van der Waals surface area contributed by atoms with Gasteiger partial charge in [-0.05, 0) is 44.4 Å². The van der Waals surface area contributed by atoms with Crippen LogP contribution in [-0.2, 0) is 9.53 Å². The van der Waals surface area contributed by atoms with Crippen molar-refractivity contribution in [2.45, 2.75) is 101 Å². The predicted octanol–water partition coefficient (Wildman–Crippen LogP) is 1.00. The molecule has 7 nitrogen and oxygen atoms in total. The molecule has 2 aliphatic rings. The molecular formula is C20H38N2O5S. The van der Waals surface area contributed by atoms with Crippen LogP contribution < -0.4 is 10.6 Å². The Labute approximate surface area is 173 Å². The highest BCUT2D eigenvalue weighted by molar-refractivity contribution is 7.99. The molecule has 28 heavy (non-hydrogen) atoms. The summed E-state index contributed by atoms with van der Waals surface area (Å²) in [5.74, 6) is 0.594. The van der Waals surface area contributed by atoms with E-state index in [1.54, 1.807) is 6.26 Å². The molecule has 8 atom stereocenters. The van der Waals surface area contributed by atoms with E-state index in [1.165, 1.54) is 24.6 Å². The monoisotopic (exact) mass is 418 g/mol. The van der Waals surface area contributed by atoms with Crippen LogP contribution in [0, 0.1) is 5.92 Å². The molecule has 0 aromatic rings. The van der Waals surface area contributed by atoms with E-state index in [1.807, 2.05) is 6.92 Å². The molecule has 1 amide bonds. The van der Waals surface area contributed by atoms with Crippen molar-refractivity contribution in [3.8, 4) is 0 Å². The van der Waals surface area contributed by atoms with E-state index in [0.29, 0.717) is 12.3 Å². The SMILES string of the molecule is CCCC1CCNC(C(=O)NC(CCC)C2OC(SC)C(O)C(O)C2O)CC1. The van der Waals surface area contributed by atoms with Crippen LogP contribution in [0.2, 0.25) is 0 Å². The second-order valence-corrected chi connectivity index (χ2v) is 9.04. The summed E-state index contributed by atoms with van der Waals surface area (Å²) in [6, 6.07) is -0.658. The smallest absolute Gasteiger partial charge is 0.237 e. The molecule has 0 spiro atoms. The summed E-state index contributed by atoms with van der Waals surface area (Å²) in [7, 11) is 0. The van der Waals surface area contributed by atoms with Crippen LogP contribution >= 0.6 is 11.8 Å². The number of nitrogens with one attached hydrogen (secondary N) is 2. The van der Waals surface area contributed by atoms with Gasteiger partial charge in [0.1, 0.15) is 29.9 Å². The molecule has 2 fully saturated rings. The number of aliphatic hydroxyl groups is 3. The van der Waals surface area contributed by atoms with Gasteiger partial charge < -0.3 is 30.7 Å². The van der Waals surface area contributed by atoms with Crippen molar-refractivity contribution in [2.75, 3.05) is 12.8 Å². The van der Waals surface area contributed by atoms with Crippen LogP contribution in [0.3, 0.4) is 0 Å². The van der Waals surface area contributed by atoms with E-state index in [2.05, 4.69) is 17.6 Å². The van der Waals surface area contributed by atoms with Gasteiger partial charge in [-0.25, -0.2) is 0 Å². The van der Waals surface area contributed by atoms with Crippen LogP contribution in [0.15, 0.2) is 0 Å². The molecule has 2 rings (SSSR count). The third kappa shape index (κ3) is 6.06. The second-order valence-electron chi connectivity index (χ2n) is 8.11. The Morgan fingerprint density at radius 1 is 1.14 bits per heavy atom. The Bertz CT molecular complexity index is 482. The van der Waals surface area contributed by atoms with Gasteiger partial charge in [-0.2, -0.15) is 0 Å². The van der Waals surface area contributed by atoms with Crippen molar-refractivity contribution in [1.82, 2.24) is 10.6 Å². The quantitative estimate of drug-likeness (QED) is 0.400. The van der Waals surface area contributed by atoms with Gasteiger partial charge in [-0.1, -0.05) is 33.1 Å². The summed E-state index contributed by atoms with van der Waals surface area (Å²) in [5.41, 5.74) is -0.634. The van der Waals surface area contributed by atoms with Crippen molar-refractivity contribution in [1.29, 1.82) is 0 Å². The van der Waals surface area contributed by atoms with Gasteiger partial charge in [-0.3, -0.25) is 4.79 Å². The van der Waals surface area contributed by atoms with Crippen LogP contribution in [0.4, 0.5) is 0 Å². The molecular weight excluding hydrogens is 380 g/mol. The maximum absolute atomic E-state index is 12.9. The van der Waals surface area contributed by atoms with E-state index in [4.69, 9.17) is 4.74 Å². The average molecular weight is 419 g/mol. The van der Waals surface area contributed by atoms with Crippen molar-refractivity contribution < 1.29 is 24.9 Å². The van der Waals surface area contributed by atoms with Gasteiger partial charge in [0.15, 0.2) is 0 Å². The van der Waals surface area contributed by atoms with Crippen molar-refractivity contribution >= 4 is 17.7 Å². The van der Waals surface area contributed by atoms with Crippen molar-refractivity contribution in [3.63, 3.8) is 0 Å². The van der Waals surface area contributed by atoms with Gasteiger partial charge in [0, 0.05) is 0 Å². The molecule has 2 saturated heterocycles. The average Bonchev–Trinajstić information content (AvgIpc) is 2.92. The molecule has 0 aromatic heterocycles. The number of aliphatic hydroxyl groups excluding tert-OH is 3. The largest absolute Gasteiger partial charge is 0.388 e. The predicted molar refractivity (Wildman–Crippen MR) is 111 cm³/mol. The highest BCUT2D eigenvalue weighted by Gasteiger charge is 2.46. The zero-order valence-electron chi connectivity index (χ0n) is 17.3. The molecule has 8 heteroatoms. The number of carbonyl (C=O) groups excluding carboxylic acids is 1. The van der Waals surface area contributed by atoms with Gasteiger partial charge in [0.05, 0.1) is 12.1 Å². The third-order valence-electron chi connectivity index (χ3n) is 5.98. The Morgan fingerprint density at radius 3 is 2.54 bits per heavy atom. The zero-order chi connectivity index (χ0) is 20.7. The molecule has 0 aromatic carbocycles. The fourth-order valence-corrected chi connectivity index (χ4v) is 5.02. The number of hydrogen-bond acceptors (Lipinski definition) is 7. The number of carbonyl (C=O) groups is 1. The van der Waals surface area contributed by atoms with E-state index in [0.717, 1.165) is 32.2 Å².